The van der Waals surface area contributed by atoms with Crippen molar-refractivity contribution < 1.29 is 26.4 Å². The van der Waals surface area contributed by atoms with E-state index < -0.39 is 28.2 Å². The van der Waals surface area contributed by atoms with E-state index in [-0.39, 0.29) is 26.4 Å². The summed E-state index contributed by atoms with van der Waals surface area (Å²) in [7, 11) is -3.45. The van der Waals surface area contributed by atoms with Crippen LogP contribution in [0.5, 0.6) is 0 Å². The number of hydrogen-bond donors (Lipinski definition) is 0. The molecule has 0 aliphatic carbocycles. The Morgan fingerprint density at radius 3 is 2.29 bits per heavy atom. The molecule has 0 spiro atoms. The summed E-state index contributed by atoms with van der Waals surface area (Å²) in [5.74, 6) is 0. The van der Waals surface area contributed by atoms with Gasteiger partial charge in [0.25, 0.3) is 5.60 Å². The summed E-state index contributed by atoms with van der Waals surface area (Å²) in [6.45, 7) is 4.27. The molecule has 5 nitrogen and oxygen atoms in total. The maximum absolute atomic E-state index is 14.2. The number of rotatable bonds is 8. The monoisotopic (exact) mass is 618 g/mol. The largest absolute Gasteiger partial charge is 0.435 e. The van der Waals surface area contributed by atoms with E-state index in [1.165, 1.54) is 10.4 Å². The lowest BCUT2D eigenvalue weighted by atomic mass is 9.86. The maximum atomic E-state index is 14.2. The highest BCUT2D eigenvalue weighted by Gasteiger charge is 2.62. The molecule has 0 radical (unpaired) electrons. The summed E-state index contributed by atoms with van der Waals surface area (Å²) in [5.41, 5.74) is -2.48. The van der Waals surface area contributed by atoms with Gasteiger partial charge in [-0.2, -0.15) is 13.2 Å². The predicted molar refractivity (Wildman–Crippen MR) is 133 cm³/mol. The van der Waals surface area contributed by atoms with Gasteiger partial charge in [-0.05, 0) is 46.3 Å². The van der Waals surface area contributed by atoms with Crippen LogP contribution in [0.2, 0.25) is 10.0 Å². The summed E-state index contributed by atoms with van der Waals surface area (Å²) >= 11 is 16.4. The third-order valence-corrected chi connectivity index (χ3v) is 10.2. The molecule has 1 unspecified atom stereocenters. The van der Waals surface area contributed by atoms with Crippen LogP contribution in [-0.4, -0.2) is 42.8 Å². The molecule has 13 heteroatoms. The molecular formula is C21H20BrCl2F3N2O3S2. The van der Waals surface area contributed by atoms with Gasteiger partial charge in [0.05, 0.1) is 5.71 Å². The van der Waals surface area contributed by atoms with Gasteiger partial charge in [-0.3, -0.25) is 0 Å². The standard InChI is InChI=1S/C21H20BrCl2F3N2O3S2/c1-3-29(4-2)34(30,31)12-33-19-6-5-13(7-17(19)22)18-11-20(32-28-18,21(25,26)27)14-8-15(23)10-16(24)9-14/h5-10H,3-4,11-12H2,1-2H3. The highest BCUT2D eigenvalue weighted by Crippen LogP contribution is 2.50. The summed E-state index contributed by atoms with van der Waals surface area (Å²) < 4.78 is 69.3. The second kappa shape index (κ2) is 10.6. The van der Waals surface area contributed by atoms with Crippen LogP contribution in [0.15, 0.2) is 50.9 Å². The molecule has 186 valence electrons. The van der Waals surface area contributed by atoms with Crippen LogP contribution in [0.1, 0.15) is 31.4 Å². The number of thioether (sulfide) groups is 1. The van der Waals surface area contributed by atoms with Crippen molar-refractivity contribution in [3.8, 4) is 0 Å². The van der Waals surface area contributed by atoms with E-state index in [1.807, 2.05) is 0 Å². The number of benzene rings is 2. The average molecular weight is 620 g/mol. The average Bonchev–Trinajstić information content (AvgIpc) is 3.20. The van der Waals surface area contributed by atoms with E-state index in [1.54, 1.807) is 32.0 Å². The van der Waals surface area contributed by atoms with Gasteiger partial charge in [-0.1, -0.05) is 48.3 Å². The summed E-state index contributed by atoms with van der Waals surface area (Å²) in [5, 5.41) is 3.68. The number of halogens is 6. The second-order valence-electron chi connectivity index (χ2n) is 7.39. The molecule has 1 heterocycles. The molecule has 0 fully saturated rings. The molecule has 1 atom stereocenters. The Morgan fingerprint density at radius 1 is 1.15 bits per heavy atom. The lowest BCUT2D eigenvalue weighted by Crippen LogP contribution is -2.42. The second-order valence-corrected chi connectivity index (χ2v) is 12.5. The number of alkyl halides is 3. The lowest BCUT2D eigenvalue weighted by molar-refractivity contribution is -0.275. The maximum Gasteiger partial charge on any atom is 0.435 e. The molecular weight excluding hydrogens is 600 g/mol. The molecule has 0 bridgehead atoms. The molecule has 2 aromatic carbocycles. The molecule has 1 aliphatic heterocycles. The summed E-state index contributed by atoms with van der Waals surface area (Å²) in [6.07, 6.45) is -5.37. The quantitative estimate of drug-likeness (QED) is 0.297. The highest BCUT2D eigenvalue weighted by molar-refractivity contribution is 9.10. The first-order valence-corrected chi connectivity index (χ1v) is 14.2. The van der Waals surface area contributed by atoms with Crippen LogP contribution in [0, 0.1) is 0 Å². The molecule has 1 aliphatic rings. The van der Waals surface area contributed by atoms with Crippen molar-refractivity contribution >= 4 is 66.6 Å². The van der Waals surface area contributed by atoms with Crippen molar-refractivity contribution in [3.05, 3.63) is 62.0 Å². The molecule has 0 amide bonds. The first-order chi connectivity index (χ1) is 15.8. The van der Waals surface area contributed by atoms with E-state index in [9.17, 15) is 21.6 Å². The SMILES string of the molecule is CCN(CC)S(=O)(=O)CSc1ccc(C2=NOC(c3cc(Cl)cc(Cl)c3)(C(F)(F)F)C2)cc1Br. The van der Waals surface area contributed by atoms with E-state index in [0.29, 0.717) is 28.0 Å². The number of oxime groups is 1. The smallest absolute Gasteiger partial charge is 0.374 e. The van der Waals surface area contributed by atoms with Crippen molar-refractivity contribution in [2.24, 2.45) is 5.16 Å². The molecule has 0 saturated carbocycles. The van der Waals surface area contributed by atoms with Gasteiger partial charge in [0.2, 0.25) is 10.0 Å². The Labute approximate surface area is 218 Å². The minimum Gasteiger partial charge on any atom is -0.374 e. The summed E-state index contributed by atoms with van der Waals surface area (Å²) in [4.78, 5) is 5.65. The predicted octanol–water partition coefficient (Wildman–Crippen LogP) is 7.06. The molecule has 0 N–H and O–H groups in total. The van der Waals surface area contributed by atoms with Gasteiger partial charge in [-0.15, -0.1) is 11.8 Å². The Balaban J connectivity index is 1.84. The minimum atomic E-state index is -4.79. The van der Waals surface area contributed by atoms with Gasteiger partial charge in [-0.25, -0.2) is 12.7 Å². The number of nitrogens with zero attached hydrogens (tertiary/aromatic N) is 2. The molecule has 2 aromatic rings. The highest BCUT2D eigenvalue weighted by atomic mass is 79.9. The van der Waals surface area contributed by atoms with Crippen LogP contribution in [-0.2, 0) is 20.5 Å². The Hall–Kier alpha value is -0.980. The van der Waals surface area contributed by atoms with Crippen LogP contribution in [0.3, 0.4) is 0 Å². The fourth-order valence-electron chi connectivity index (χ4n) is 3.47. The molecule has 0 saturated heterocycles. The van der Waals surface area contributed by atoms with Crippen LogP contribution >= 0.6 is 50.9 Å². The third kappa shape index (κ3) is 5.70. The van der Waals surface area contributed by atoms with E-state index in [4.69, 9.17) is 28.0 Å². The Kier molecular flexibility index (Phi) is 8.57. The van der Waals surface area contributed by atoms with Gasteiger partial charge in [0.15, 0.2) is 0 Å². The van der Waals surface area contributed by atoms with Gasteiger partial charge < -0.3 is 4.84 Å². The molecule has 34 heavy (non-hydrogen) atoms. The zero-order valence-corrected chi connectivity index (χ0v) is 22.7. The van der Waals surface area contributed by atoms with Crippen molar-refractivity contribution in [2.75, 3.05) is 18.2 Å². The van der Waals surface area contributed by atoms with E-state index >= 15 is 0 Å². The topological polar surface area (TPSA) is 59.0 Å². The zero-order valence-electron chi connectivity index (χ0n) is 18.0. The van der Waals surface area contributed by atoms with Gasteiger partial charge >= 0.3 is 6.18 Å². The van der Waals surface area contributed by atoms with Gasteiger partial charge in [0.1, 0.15) is 5.08 Å². The number of sulfonamides is 1. The fraction of sp³-hybridized carbons (Fsp3) is 0.381. The third-order valence-electron chi connectivity index (χ3n) is 5.24. The van der Waals surface area contributed by atoms with E-state index in [2.05, 4.69) is 21.1 Å². The van der Waals surface area contributed by atoms with Crippen LogP contribution < -0.4 is 0 Å². The molecule has 0 aromatic heterocycles. The first kappa shape index (κ1) is 27.6. The first-order valence-electron chi connectivity index (χ1n) is 10.0. The lowest BCUT2D eigenvalue weighted by Gasteiger charge is -2.29. The summed E-state index contributed by atoms with van der Waals surface area (Å²) in [6, 6.07) is 8.45. The van der Waals surface area contributed by atoms with Crippen molar-refractivity contribution in [1.82, 2.24) is 4.31 Å². The molecule has 3 rings (SSSR count). The van der Waals surface area contributed by atoms with Gasteiger partial charge in [0, 0.05) is 50.1 Å². The minimum absolute atomic E-state index is 0.0481. The fourth-order valence-corrected chi connectivity index (χ4v) is 7.57. The Morgan fingerprint density at radius 2 is 1.76 bits per heavy atom. The van der Waals surface area contributed by atoms with E-state index in [0.717, 1.165) is 23.9 Å². The van der Waals surface area contributed by atoms with Crippen LogP contribution in [0.25, 0.3) is 0 Å². The Bertz CT molecular complexity index is 1190. The van der Waals surface area contributed by atoms with Crippen molar-refractivity contribution in [2.45, 2.75) is 36.9 Å². The van der Waals surface area contributed by atoms with Crippen molar-refractivity contribution in [1.29, 1.82) is 0 Å². The van der Waals surface area contributed by atoms with Crippen LogP contribution in [0.4, 0.5) is 13.2 Å². The zero-order chi connectivity index (χ0) is 25.3. The normalized spacial score (nSPS) is 18.8. The van der Waals surface area contributed by atoms with Crippen molar-refractivity contribution in [3.63, 3.8) is 0 Å². The number of hydrogen-bond acceptors (Lipinski definition) is 5.